The first-order valence-electron chi connectivity index (χ1n) is 15.9. The van der Waals surface area contributed by atoms with E-state index in [-0.39, 0.29) is 67.6 Å². The van der Waals surface area contributed by atoms with E-state index < -0.39 is 0 Å². The Labute approximate surface area is 290 Å². The molecule has 13 heteroatoms. The number of rotatable bonds is 27. The molecule has 0 heterocycles. The van der Waals surface area contributed by atoms with Crippen molar-refractivity contribution in [1.29, 1.82) is 0 Å². The van der Waals surface area contributed by atoms with Crippen LogP contribution in [0.5, 0.6) is 0 Å². The van der Waals surface area contributed by atoms with Crippen LogP contribution in [0.3, 0.4) is 0 Å². The van der Waals surface area contributed by atoms with Gasteiger partial charge >= 0.3 is 0 Å². The molecule has 0 aromatic rings. The van der Waals surface area contributed by atoms with Crippen LogP contribution in [0, 0.1) is 0 Å². The van der Waals surface area contributed by atoms with Gasteiger partial charge in [0, 0.05) is 150 Å². The second-order valence-corrected chi connectivity index (χ2v) is 29.2. The minimum absolute atomic E-state index is 0. The maximum Gasteiger partial charge on any atom is 0.0903 e. The molecule has 0 rings (SSSR count). The molecule has 0 spiro atoms. The molecule has 1 radical (unpaired) electrons. The Morgan fingerprint density at radius 2 is 0.372 bits per heavy atom. The summed E-state index contributed by atoms with van der Waals surface area (Å²) in [6.45, 7) is 20.3. The fourth-order valence-electron chi connectivity index (χ4n) is 3.69. The summed E-state index contributed by atoms with van der Waals surface area (Å²) in [7, 11) is 10.1. The molecular weight excluding hydrogens is 741 g/mol. The van der Waals surface area contributed by atoms with Crippen LogP contribution in [0.25, 0.3) is 0 Å². The molecule has 265 valence electrons. The molecule has 0 bridgehead atoms. The largest absolute Gasteiger partial charge is 0.381 e. The predicted octanol–water partition coefficient (Wildman–Crippen LogP) is 5.90. The summed E-state index contributed by atoms with van der Waals surface area (Å²) in [5.41, 5.74) is 0. The molecule has 0 aliphatic heterocycles. The van der Waals surface area contributed by atoms with Crippen molar-refractivity contribution in [3.05, 3.63) is 0 Å². The van der Waals surface area contributed by atoms with Gasteiger partial charge in [0.15, 0.2) is 0 Å². The van der Waals surface area contributed by atoms with Crippen molar-refractivity contribution in [2.75, 3.05) is 196 Å². The molecule has 0 saturated carbocycles. The minimum Gasteiger partial charge on any atom is -0.381 e. The van der Waals surface area contributed by atoms with Crippen LogP contribution >= 0.6 is 47.5 Å². The Morgan fingerprint density at radius 3 is 0.465 bits per heavy atom. The summed E-state index contributed by atoms with van der Waals surface area (Å²) < 4.78 is 30.6. The minimum atomic E-state index is -0.112. The van der Waals surface area contributed by atoms with Gasteiger partial charge in [0.2, 0.25) is 0 Å². The zero-order valence-electron chi connectivity index (χ0n) is 30.6. The zero-order valence-corrected chi connectivity index (χ0v) is 38.4. The topological polar surface area (TPSA) is 55.4 Å². The van der Waals surface area contributed by atoms with Crippen molar-refractivity contribution in [3.8, 4) is 0 Å². The predicted molar refractivity (Wildman–Crippen MR) is 215 cm³/mol. The van der Waals surface area contributed by atoms with Crippen LogP contribution in [-0.2, 0) is 48.5 Å². The third-order valence-corrected chi connectivity index (χ3v) is 21.8. The van der Waals surface area contributed by atoms with E-state index in [1.807, 2.05) is 0 Å². The van der Waals surface area contributed by atoms with Gasteiger partial charge in [-0.2, -0.15) is 0 Å². The first-order valence-corrected chi connectivity index (χ1v) is 30.4. The van der Waals surface area contributed by atoms with Gasteiger partial charge in [0.25, 0.3) is 0 Å². The van der Waals surface area contributed by atoms with E-state index in [1.165, 1.54) is 73.9 Å². The maximum absolute atomic E-state index is 5.10. The third kappa shape index (κ3) is 47.2. The van der Waals surface area contributed by atoms with Gasteiger partial charge < -0.3 is 28.4 Å². The van der Waals surface area contributed by atoms with E-state index in [1.54, 1.807) is 42.7 Å². The summed E-state index contributed by atoms with van der Waals surface area (Å²) in [6, 6.07) is 0. The van der Waals surface area contributed by atoms with Crippen molar-refractivity contribution >= 4 is 47.5 Å². The molecule has 0 aromatic carbocycles. The fourth-order valence-corrected chi connectivity index (χ4v) is 18.7. The van der Waals surface area contributed by atoms with Crippen LogP contribution < -0.4 is 0 Å². The van der Waals surface area contributed by atoms with Gasteiger partial charge in [0.05, 0.1) is 114 Å². The smallest absolute Gasteiger partial charge is 0.0903 e. The fraction of sp³-hybridized carbons (Fsp3) is 1.00. The molecular formula is C30H78O6P6Tc+6. The Bertz CT molecular complexity index is 399. The van der Waals surface area contributed by atoms with E-state index >= 15 is 0 Å². The van der Waals surface area contributed by atoms with Gasteiger partial charge in [-0.3, -0.25) is 0 Å². The average Bonchev–Trinajstić information content (AvgIpc) is 2.99. The summed E-state index contributed by atoms with van der Waals surface area (Å²) in [6.07, 6.45) is 16.6. The molecule has 0 aliphatic carbocycles. The number of methoxy groups -OCH3 is 6. The van der Waals surface area contributed by atoms with E-state index in [4.69, 9.17) is 28.4 Å². The maximum atomic E-state index is 5.10. The van der Waals surface area contributed by atoms with E-state index in [0.717, 1.165) is 39.6 Å². The zero-order chi connectivity index (χ0) is 32.4. The summed E-state index contributed by atoms with van der Waals surface area (Å²) in [4.78, 5) is 0. The monoisotopic (exact) mass is 819 g/mol. The van der Waals surface area contributed by atoms with Crippen molar-refractivity contribution in [3.63, 3.8) is 0 Å². The summed E-state index contributed by atoms with van der Waals surface area (Å²) in [5.74, 6) is 0. The van der Waals surface area contributed by atoms with Crippen molar-refractivity contribution in [2.24, 2.45) is 0 Å². The first-order chi connectivity index (χ1) is 20.1. The molecule has 0 fully saturated rings. The molecule has 0 aromatic heterocycles. The summed E-state index contributed by atoms with van der Waals surface area (Å²) in [5, 5.41) is 0. The Hall–Kier alpha value is 2.99. The number of hydrogen-bond acceptors (Lipinski definition) is 6. The van der Waals surface area contributed by atoms with Crippen molar-refractivity contribution in [2.45, 2.75) is 0 Å². The second-order valence-electron chi connectivity index (χ2n) is 11.7. The number of ether oxygens (including phenoxy) is 6. The molecule has 0 amide bonds. The van der Waals surface area contributed by atoms with Crippen molar-refractivity contribution in [1.82, 2.24) is 0 Å². The van der Waals surface area contributed by atoms with Gasteiger partial charge in [-0.05, 0) is 0 Å². The van der Waals surface area contributed by atoms with Crippen LogP contribution in [0.1, 0.15) is 0 Å². The molecule has 6 nitrogen and oxygen atoms in total. The quantitative estimate of drug-likeness (QED) is 0.0964. The third-order valence-electron chi connectivity index (χ3n) is 7.33. The van der Waals surface area contributed by atoms with Crippen LogP contribution in [0.4, 0.5) is 0 Å². The van der Waals surface area contributed by atoms with Crippen LogP contribution in [0.15, 0.2) is 0 Å². The first kappa shape index (κ1) is 52.8. The molecule has 6 unspecified atom stereocenters. The molecule has 0 N–H and O–H groups in total. The van der Waals surface area contributed by atoms with E-state index in [0.29, 0.717) is 0 Å². The standard InChI is InChI=1S/3C10H24O2P2.Tc/c3*1-11-5-7-13(3)9-10-14(4)8-6-12-2;/h3*5-10H2,1-4H3;/p+6/i;;;1+1. The normalized spacial score (nSPS) is 15.1. The van der Waals surface area contributed by atoms with Gasteiger partial charge in [0.1, 0.15) is 0 Å². The molecule has 0 aliphatic rings. The van der Waals surface area contributed by atoms with Gasteiger partial charge in [-0.15, -0.1) is 0 Å². The Morgan fingerprint density at radius 1 is 0.256 bits per heavy atom. The average molecular weight is 820 g/mol. The van der Waals surface area contributed by atoms with E-state index in [9.17, 15) is 0 Å². The second kappa shape index (κ2) is 43.0. The van der Waals surface area contributed by atoms with Crippen LogP contribution in [0.2, 0.25) is 0 Å². The molecule has 43 heavy (non-hydrogen) atoms. The van der Waals surface area contributed by atoms with Crippen LogP contribution in [-0.4, -0.2) is 196 Å². The Balaban J connectivity index is -0.000000262. The van der Waals surface area contributed by atoms with E-state index in [2.05, 4.69) is 40.0 Å². The molecule has 6 atom stereocenters. The van der Waals surface area contributed by atoms with Crippen molar-refractivity contribution < 1.29 is 48.5 Å². The SMILES string of the molecule is COCC[PH+](C)CC[PH+](C)CCOC.COCC[PH+](C)CC[PH+](C)CCOC.COCC[PH+](C)CC[PH+](C)CCOC.[99Tc]. The van der Waals surface area contributed by atoms with Gasteiger partial charge in [-0.1, -0.05) is 0 Å². The Kier molecular flexibility index (Phi) is 52.8. The summed E-state index contributed by atoms with van der Waals surface area (Å²) >= 11 is 0. The van der Waals surface area contributed by atoms with Gasteiger partial charge in [-0.25, -0.2) is 0 Å². The molecule has 0 saturated heterocycles. The number of hydrogen-bond donors (Lipinski definition) is 0.